The van der Waals surface area contributed by atoms with Crippen LogP contribution in [0.25, 0.3) is 10.1 Å². The van der Waals surface area contributed by atoms with Crippen molar-refractivity contribution in [1.29, 1.82) is 0 Å². The molecular weight excluding hydrogens is 269 g/mol. The monoisotopic (exact) mass is 281 g/mol. The van der Waals surface area contributed by atoms with E-state index in [1.807, 2.05) is 0 Å². The summed E-state index contributed by atoms with van der Waals surface area (Å²) in [5.74, 6) is -1.96. The lowest BCUT2D eigenvalue weighted by Crippen LogP contribution is -2.39. The summed E-state index contributed by atoms with van der Waals surface area (Å²) < 4.78 is 14.2. The molecule has 1 aromatic carbocycles. The highest BCUT2D eigenvalue weighted by Crippen LogP contribution is 2.27. The van der Waals surface area contributed by atoms with Crippen molar-refractivity contribution >= 4 is 33.3 Å². The molecule has 1 aromatic heterocycles. The van der Waals surface area contributed by atoms with Gasteiger partial charge in [-0.1, -0.05) is 13.0 Å². The third-order valence-electron chi connectivity index (χ3n) is 2.74. The summed E-state index contributed by atoms with van der Waals surface area (Å²) in [6.07, 6.45) is 0.292. The Morgan fingerprint density at radius 1 is 1.47 bits per heavy atom. The van der Waals surface area contributed by atoms with Gasteiger partial charge in [0.15, 0.2) is 0 Å². The van der Waals surface area contributed by atoms with E-state index >= 15 is 0 Å². The van der Waals surface area contributed by atoms with Crippen LogP contribution in [-0.2, 0) is 4.79 Å². The van der Waals surface area contributed by atoms with Crippen LogP contribution in [0.1, 0.15) is 23.0 Å². The zero-order valence-corrected chi connectivity index (χ0v) is 11.0. The van der Waals surface area contributed by atoms with Gasteiger partial charge >= 0.3 is 5.97 Å². The molecule has 0 saturated heterocycles. The molecule has 0 aliphatic carbocycles. The van der Waals surface area contributed by atoms with E-state index in [1.54, 1.807) is 19.1 Å². The van der Waals surface area contributed by atoms with Gasteiger partial charge in [-0.15, -0.1) is 11.3 Å². The average Bonchev–Trinajstić information content (AvgIpc) is 2.80. The number of hydrogen-bond acceptors (Lipinski definition) is 3. The number of amides is 1. The third-order valence-corrected chi connectivity index (χ3v) is 3.84. The Morgan fingerprint density at radius 2 is 2.21 bits per heavy atom. The van der Waals surface area contributed by atoms with Crippen LogP contribution in [0, 0.1) is 5.82 Å². The van der Waals surface area contributed by atoms with Gasteiger partial charge in [0, 0.05) is 10.1 Å². The zero-order chi connectivity index (χ0) is 14.0. The zero-order valence-electron chi connectivity index (χ0n) is 10.1. The normalized spacial score (nSPS) is 12.3. The summed E-state index contributed by atoms with van der Waals surface area (Å²) in [5.41, 5.74) is 0. The first kappa shape index (κ1) is 13.5. The Bertz CT molecular complexity index is 638. The molecule has 1 atom stereocenters. The predicted octanol–water partition coefficient (Wildman–Crippen LogP) is 2.63. The molecule has 0 bridgehead atoms. The number of carbonyl (C=O) groups excluding carboxylic acids is 1. The highest BCUT2D eigenvalue weighted by atomic mass is 32.1. The SMILES string of the molecule is CC[C@@H](NC(=O)c1cc2c(F)cccc2s1)C(=O)O. The number of fused-ring (bicyclic) bond motifs is 1. The molecule has 2 aromatic rings. The molecule has 1 heterocycles. The molecule has 100 valence electrons. The number of halogens is 1. The second-order valence-electron chi connectivity index (χ2n) is 4.03. The maximum absolute atomic E-state index is 13.5. The Kier molecular flexibility index (Phi) is 3.80. The van der Waals surface area contributed by atoms with Crippen molar-refractivity contribution in [3.63, 3.8) is 0 Å². The molecule has 4 nitrogen and oxygen atoms in total. The summed E-state index contributed by atoms with van der Waals surface area (Å²) >= 11 is 1.14. The van der Waals surface area contributed by atoms with Gasteiger partial charge in [-0.05, 0) is 24.6 Å². The predicted molar refractivity (Wildman–Crippen MR) is 71.0 cm³/mol. The molecule has 0 spiro atoms. The molecule has 19 heavy (non-hydrogen) atoms. The summed E-state index contributed by atoms with van der Waals surface area (Å²) in [4.78, 5) is 23.1. The van der Waals surface area contributed by atoms with E-state index in [1.165, 1.54) is 12.1 Å². The van der Waals surface area contributed by atoms with E-state index in [-0.39, 0.29) is 0 Å². The lowest BCUT2D eigenvalue weighted by atomic mass is 10.2. The number of rotatable bonds is 4. The highest BCUT2D eigenvalue weighted by molar-refractivity contribution is 7.20. The van der Waals surface area contributed by atoms with Crippen molar-refractivity contribution in [2.24, 2.45) is 0 Å². The minimum absolute atomic E-state index is 0.292. The second kappa shape index (κ2) is 5.36. The number of thiophene rings is 1. The molecule has 2 rings (SSSR count). The van der Waals surface area contributed by atoms with Gasteiger partial charge in [-0.25, -0.2) is 9.18 Å². The van der Waals surface area contributed by atoms with Crippen molar-refractivity contribution in [3.05, 3.63) is 35.0 Å². The number of carboxylic acid groups (broad SMARTS) is 1. The standard InChI is InChI=1S/C13H12FNO3S/c1-2-9(13(17)18)15-12(16)11-6-7-8(14)4-3-5-10(7)19-11/h3-6,9H,2H2,1H3,(H,15,16)(H,17,18)/t9-/m1/s1. The first-order valence-corrected chi connectivity index (χ1v) is 6.56. The first-order chi connectivity index (χ1) is 9.02. The van der Waals surface area contributed by atoms with Gasteiger partial charge in [0.25, 0.3) is 5.91 Å². The van der Waals surface area contributed by atoms with Gasteiger partial charge in [0.1, 0.15) is 11.9 Å². The number of benzene rings is 1. The molecule has 0 fully saturated rings. The fourth-order valence-electron chi connectivity index (χ4n) is 1.71. The van der Waals surface area contributed by atoms with Crippen LogP contribution in [0.15, 0.2) is 24.3 Å². The summed E-state index contributed by atoms with van der Waals surface area (Å²) in [7, 11) is 0. The molecule has 0 unspecified atom stereocenters. The highest BCUT2D eigenvalue weighted by Gasteiger charge is 2.20. The van der Waals surface area contributed by atoms with Gasteiger partial charge in [-0.2, -0.15) is 0 Å². The largest absolute Gasteiger partial charge is 0.480 e. The maximum Gasteiger partial charge on any atom is 0.326 e. The van der Waals surface area contributed by atoms with Crippen LogP contribution >= 0.6 is 11.3 Å². The molecule has 0 radical (unpaired) electrons. The Balaban J connectivity index is 2.27. The van der Waals surface area contributed by atoms with E-state index in [2.05, 4.69) is 5.32 Å². The maximum atomic E-state index is 13.5. The van der Waals surface area contributed by atoms with Crippen molar-refractivity contribution in [2.75, 3.05) is 0 Å². The van der Waals surface area contributed by atoms with Crippen LogP contribution in [-0.4, -0.2) is 23.0 Å². The van der Waals surface area contributed by atoms with E-state index in [4.69, 9.17) is 5.11 Å². The molecule has 6 heteroatoms. The minimum Gasteiger partial charge on any atom is -0.480 e. The molecule has 0 aliphatic heterocycles. The van der Waals surface area contributed by atoms with E-state index in [9.17, 15) is 14.0 Å². The van der Waals surface area contributed by atoms with Crippen molar-refractivity contribution in [1.82, 2.24) is 5.32 Å². The molecule has 1 amide bonds. The fraction of sp³-hybridized carbons (Fsp3) is 0.231. The molecule has 0 saturated carbocycles. The van der Waals surface area contributed by atoms with E-state index in [0.717, 1.165) is 11.3 Å². The lowest BCUT2D eigenvalue weighted by Gasteiger charge is -2.10. The number of carbonyl (C=O) groups is 2. The minimum atomic E-state index is -1.08. The Hall–Kier alpha value is -1.95. The Morgan fingerprint density at radius 3 is 2.79 bits per heavy atom. The van der Waals surface area contributed by atoms with Crippen molar-refractivity contribution < 1.29 is 19.1 Å². The quantitative estimate of drug-likeness (QED) is 0.905. The van der Waals surface area contributed by atoms with Crippen molar-refractivity contribution in [2.45, 2.75) is 19.4 Å². The number of aliphatic carboxylic acids is 1. The smallest absolute Gasteiger partial charge is 0.326 e. The number of nitrogens with one attached hydrogen (secondary N) is 1. The average molecular weight is 281 g/mol. The molecule has 0 aliphatic rings. The van der Waals surface area contributed by atoms with Gasteiger partial charge in [0.2, 0.25) is 0 Å². The van der Waals surface area contributed by atoms with Gasteiger partial charge < -0.3 is 10.4 Å². The second-order valence-corrected chi connectivity index (χ2v) is 5.12. The fourth-order valence-corrected chi connectivity index (χ4v) is 2.68. The third kappa shape index (κ3) is 2.73. The van der Waals surface area contributed by atoms with E-state index < -0.39 is 23.7 Å². The van der Waals surface area contributed by atoms with Crippen LogP contribution in [0.2, 0.25) is 0 Å². The first-order valence-electron chi connectivity index (χ1n) is 5.74. The van der Waals surface area contributed by atoms with Crippen LogP contribution < -0.4 is 5.32 Å². The van der Waals surface area contributed by atoms with Crippen molar-refractivity contribution in [3.8, 4) is 0 Å². The summed E-state index contributed by atoms with van der Waals surface area (Å²) in [6.45, 7) is 1.67. The molecular formula is C13H12FNO3S. The topological polar surface area (TPSA) is 66.4 Å². The number of carboxylic acids is 1. The summed E-state index contributed by atoms with van der Waals surface area (Å²) in [5, 5.41) is 11.7. The van der Waals surface area contributed by atoms with Crippen LogP contribution in [0.5, 0.6) is 0 Å². The Labute approximate surface area is 112 Å². The van der Waals surface area contributed by atoms with Crippen LogP contribution in [0.3, 0.4) is 0 Å². The molecule has 2 N–H and O–H groups in total. The number of hydrogen-bond donors (Lipinski definition) is 2. The van der Waals surface area contributed by atoms with Gasteiger partial charge in [0.05, 0.1) is 4.88 Å². The van der Waals surface area contributed by atoms with Gasteiger partial charge in [-0.3, -0.25) is 4.79 Å². The van der Waals surface area contributed by atoms with Crippen LogP contribution in [0.4, 0.5) is 4.39 Å². The lowest BCUT2D eigenvalue weighted by molar-refractivity contribution is -0.139. The van der Waals surface area contributed by atoms with E-state index in [0.29, 0.717) is 21.4 Å². The summed E-state index contributed by atoms with van der Waals surface area (Å²) in [6, 6.07) is 5.13.